The van der Waals surface area contributed by atoms with E-state index in [4.69, 9.17) is 0 Å². The van der Waals surface area contributed by atoms with Crippen LogP contribution >= 0.6 is 0 Å². The number of nitrogens with zero attached hydrogens (tertiary/aromatic N) is 2. The zero-order valence-electron chi connectivity index (χ0n) is 10.7. The van der Waals surface area contributed by atoms with Gasteiger partial charge in [-0.25, -0.2) is 0 Å². The van der Waals surface area contributed by atoms with Crippen LogP contribution in [0.15, 0.2) is 0 Å². The monoisotopic (exact) mass is 201 g/mol. The van der Waals surface area contributed by atoms with Gasteiger partial charge < -0.3 is 10.2 Å². The number of nitrogens with one attached hydrogen (secondary N) is 1. The van der Waals surface area contributed by atoms with Crippen molar-refractivity contribution >= 4 is 0 Å². The molecule has 0 aromatic rings. The largest absolute Gasteiger partial charge is 0.316 e. The van der Waals surface area contributed by atoms with Crippen LogP contribution in [-0.4, -0.2) is 62.7 Å². The molecule has 0 radical (unpaired) electrons. The minimum Gasteiger partial charge on any atom is -0.316 e. The van der Waals surface area contributed by atoms with E-state index in [1.54, 1.807) is 0 Å². The van der Waals surface area contributed by atoms with Crippen LogP contribution in [0.2, 0.25) is 0 Å². The van der Waals surface area contributed by atoms with Crippen molar-refractivity contribution in [3.8, 4) is 0 Å². The Morgan fingerprint density at radius 1 is 1.14 bits per heavy atom. The van der Waals surface area contributed by atoms with Crippen molar-refractivity contribution in [3.63, 3.8) is 0 Å². The fraction of sp³-hybridized carbons (Fsp3) is 1.00. The Kier molecular flexibility index (Phi) is 7.15. The first-order chi connectivity index (χ1) is 6.51. The van der Waals surface area contributed by atoms with Crippen molar-refractivity contribution < 1.29 is 0 Å². The summed E-state index contributed by atoms with van der Waals surface area (Å²) in [4.78, 5) is 4.76. The molecule has 0 amide bonds. The number of rotatable bonds is 7. The average Bonchev–Trinajstić information content (AvgIpc) is 2.12. The van der Waals surface area contributed by atoms with Crippen molar-refractivity contribution in [1.29, 1.82) is 0 Å². The molecule has 0 aliphatic rings. The van der Waals surface area contributed by atoms with Crippen LogP contribution in [0.3, 0.4) is 0 Å². The third kappa shape index (κ3) is 5.58. The summed E-state index contributed by atoms with van der Waals surface area (Å²) in [5, 5.41) is 3.28. The van der Waals surface area contributed by atoms with Crippen LogP contribution < -0.4 is 5.32 Å². The van der Waals surface area contributed by atoms with E-state index in [1.165, 1.54) is 0 Å². The lowest BCUT2D eigenvalue weighted by Crippen LogP contribution is -2.45. The second kappa shape index (κ2) is 7.21. The topological polar surface area (TPSA) is 18.5 Å². The highest BCUT2D eigenvalue weighted by molar-refractivity contribution is 4.72. The lowest BCUT2D eigenvalue weighted by molar-refractivity contribution is 0.169. The van der Waals surface area contributed by atoms with E-state index in [0.29, 0.717) is 12.1 Å². The van der Waals surface area contributed by atoms with Crippen LogP contribution in [0.4, 0.5) is 0 Å². The smallest absolute Gasteiger partial charge is 0.0195 e. The molecule has 0 aliphatic carbocycles. The van der Waals surface area contributed by atoms with Crippen molar-refractivity contribution in [3.05, 3.63) is 0 Å². The van der Waals surface area contributed by atoms with Gasteiger partial charge in [0, 0.05) is 25.2 Å². The van der Waals surface area contributed by atoms with Gasteiger partial charge in [0.15, 0.2) is 0 Å². The Labute approximate surface area is 89.5 Å². The highest BCUT2D eigenvalue weighted by Crippen LogP contribution is 2.01. The van der Waals surface area contributed by atoms with Gasteiger partial charge in [0.25, 0.3) is 0 Å². The molecule has 86 valence electrons. The molecule has 3 heteroatoms. The molecule has 14 heavy (non-hydrogen) atoms. The summed E-state index contributed by atoms with van der Waals surface area (Å²) >= 11 is 0. The minimum absolute atomic E-state index is 0.569. The van der Waals surface area contributed by atoms with Gasteiger partial charge in [-0.2, -0.15) is 0 Å². The predicted molar refractivity (Wildman–Crippen MR) is 63.8 cm³/mol. The van der Waals surface area contributed by atoms with Gasteiger partial charge in [-0.1, -0.05) is 6.92 Å². The Balaban J connectivity index is 3.98. The van der Waals surface area contributed by atoms with E-state index >= 15 is 0 Å². The number of likely N-dealkylation sites (N-methyl/N-ethyl adjacent to an activating group) is 3. The maximum Gasteiger partial charge on any atom is 0.0195 e. The Bertz CT molecular complexity index is 136. The highest BCUT2D eigenvalue weighted by atomic mass is 15.2. The van der Waals surface area contributed by atoms with Gasteiger partial charge in [-0.15, -0.1) is 0 Å². The summed E-state index contributed by atoms with van der Waals surface area (Å²) in [5.74, 6) is 0. The lowest BCUT2D eigenvalue weighted by atomic mass is 10.2. The Morgan fingerprint density at radius 3 is 2.07 bits per heavy atom. The summed E-state index contributed by atoms with van der Waals surface area (Å²) in [7, 11) is 6.28. The lowest BCUT2D eigenvalue weighted by Gasteiger charge is -2.31. The minimum atomic E-state index is 0.569. The maximum absolute atomic E-state index is 3.28. The molecule has 0 fully saturated rings. The van der Waals surface area contributed by atoms with Crippen LogP contribution in [0.25, 0.3) is 0 Å². The molecule has 2 unspecified atom stereocenters. The molecule has 0 saturated carbocycles. The second-order valence-electron chi connectivity index (χ2n) is 4.39. The molecule has 0 heterocycles. The zero-order chi connectivity index (χ0) is 11.1. The fourth-order valence-corrected chi connectivity index (χ4v) is 1.71. The fourth-order valence-electron chi connectivity index (χ4n) is 1.71. The first-order valence-electron chi connectivity index (χ1n) is 5.57. The Hall–Kier alpha value is -0.120. The van der Waals surface area contributed by atoms with E-state index in [-0.39, 0.29) is 0 Å². The SMILES string of the molecule is CCN(CC(C)NC)C(C)CN(C)C. The molecule has 0 bridgehead atoms. The van der Waals surface area contributed by atoms with Crippen molar-refractivity contribution in [2.75, 3.05) is 40.8 Å². The highest BCUT2D eigenvalue weighted by Gasteiger charge is 2.14. The summed E-state index contributed by atoms with van der Waals surface area (Å²) in [6.07, 6.45) is 0. The van der Waals surface area contributed by atoms with Gasteiger partial charge >= 0.3 is 0 Å². The second-order valence-corrected chi connectivity index (χ2v) is 4.39. The quantitative estimate of drug-likeness (QED) is 0.659. The molecule has 1 N–H and O–H groups in total. The van der Waals surface area contributed by atoms with Crippen molar-refractivity contribution in [1.82, 2.24) is 15.1 Å². The standard InChI is InChI=1S/C11H27N3/c1-7-14(8-10(2)12-4)11(3)9-13(5)6/h10-12H,7-9H2,1-6H3. The zero-order valence-corrected chi connectivity index (χ0v) is 10.7. The number of hydrogen-bond acceptors (Lipinski definition) is 3. The molecular weight excluding hydrogens is 174 g/mol. The van der Waals surface area contributed by atoms with Crippen LogP contribution in [0.1, 0.15) is 20.8 Å². The summed E-state index contributed by atoms with van der Waals surface area (Å²) in [6, 6.07) is 1.20. The van der Waals surface area contributed by atoms with E-state index in [2.05, 4.69) is 50.0 Å². The molecule has 2 atom stereocenters. The van der Waals surface area contributed by atoms with Gasteiger partial charge in [-0.3, -0.25) is 4.90 Å². The summed E-state index contributed by atoms with van der Waals surface area (Å²) in [5.41, 5.74) is 0. The van der Waals surface area contributed by atoms with Crippen LogP contribution in [0, 0.1) is 0 Å². The molecule has 0 aromatic carbocycles. The first kappa shape index (κ1) is 13.9. The average molecular weight is 201 g/mol. The van der Waals surface area contributed by atoms with Gasteiger partial charge in [-0.05, 0) is 41.5 Å². The van der Waals surface area contributed by atoms with Crippen molar-refractivity contribution in [2.45, 2.75) is 32.9 Å². The maximum atomic E-state index is 3.28. The predicted octanol–water partition coefficient (Wildman–Crippen LogP) is 0.866. The normalized spacial score (nSPS) is 16.3. The third-order valence-corrected chi connectivity index (χ3v) is 2.66. The van der Waals surface area contributed by atoms with Gasteiger partial charge in [0.05, 0.1) is 0 Å². The van der Waals surface area contributed by atoms with E-state index in [0.717, 1.165) is 19.6 Å². The van der Waals surface area contributed by atoms with Crippen LogP contribution in [0.5, 0.6) is 0 Å². The number of hydrogen-bond donors (Lipinski definition) is 1. The van der Waals surface area contributed by atoms with Crippen molar-refractivity contribution in [2.24, 2.45) is 0 Å². The Morgan fingerprint density at radius 2 is 1.71 bits per heavy atom. The summed E-state index contributed by atoms with van der Waals surface area (Å²) < 4.78 is 0. The molecule has 0 saturated heterocycles. The summed E-state index contributed by atoms with van der Waals surface area (Å²) in [6.45, 7) is 10.1. The van der Waals surface area contributed by atoms with Crippen LogP contribution in [-0.2, 0) is 0 Å². The molecule has 0 aromatic heterocycles. The van der Waals surface area contributed by atoms with E-state index in [9.17, 15) is 0 Å². The van der Waals surface area contributed by atoms with E-state index in [1.807, 2.05) is 7.05 Å². The van der Waals surface area contributed by atoms with Gasteiger partial charge in [0.1, 0.15) is 0 Å². The molecule has 0 spiro atoms. The molecular formula is C11H27N3. The van der Waals surface area contributed by atoms with E-state index < -0.39 is 0 Å². The van der Waals surface area contributed by atoms with Gasteiger partial charge in [0.2, 0.25) is 0 Å². The molecule has 0 aliphatic heterocycles. The first-order valence-corrected chi connectivity index (χ1v) is 5.57. The third-order valence-electron chi connectivity index (χ3n) is 2.66. The molecule has 0 rings (SSSR count). The molecule has 3 nitrogen and oxygen atoms in total.